The van der Waals surface area contributed by atoms with Crippen LogP contribution in [0.1, 0.15) is 12.8 Å². The fourth-order valence-corrected chi connectivity index (χ4v) is 1.35. The molecule has 1 aromatic carbocycles. The summed E-state index contributed by atoms with van der Waals surface area (Å²) in [7, 11) is -0.166. The summed E-state index contributed by atoms with van der Waals surface area (Å²) in [6.07, 6.45) is 1.70. The van der Waals surface area contributed by atoms with E-state index in [-0.39, 0.29) is 5.46 Å². The summed E-state index contributed by atoms with van der Waals surface area (Å²) in [5.41, 5.74) is -0.156. The zero-order valence-corrected chi connectivity index (χ0v) is 9.73. The minimum atomic E-state index is -1.80. The van der Waals surface area contributed by atoms with Crippen LogP contribution in [0.4, 0.5) is 4.39 Å². The average molecular weight is 242 g/mol. The van der Waals surface area contributed by atoms with Crippen LogP contribution in [0, 0.1) is 5.82 Å². The highest BCUT2D eigenvalue weighted by Gasteiger charge is 2.16. The van der Waals surface area contributed by atoms with Crippen molar-refractivity contribution in [1.82, 2.24) is 0 Å². The Kier molecular flexibility index (Phi) is 5.97. The van der Waals surface area contributed by atoms with E-state index in [1.165, 1.54) is 12.1 Å². The van der Waals surface area contributed by atoms with E-state index in [1.54, 1.807) is 7.11 Å². The monoisotopic (exact) mass is 242 g/mol. The van der Waals surface area contributed by atoms with Crippen LogP contribution in [-0.4, -0.2) is 37.5 Å². The normalized spacial score (nSPS) is 10.4. The number of hydrogen-bond acceptors (Lipinski definition) is 4. The molecule has 0 saturated carbocycles. The minimum absolute atomic E-state index is 0.156. The second-order valence-electron chi connectivity index (χ2n) is 3.61. The standard InChI is InChI=1S/C11H16BFO4/c1-16-6-2-3-7-17-9-4-5-10(12(14)15)11(13)8-9/h4-5,8,14-15H,2-3,6-7H2,1H3. The molecule has 0 bridgehead atoms. The largest absolute Gasteiger partial charge is 0.493 e. The summed E-state index contributed by atoms with van der Waals surface area (Å²) in [5, 5.41) is 17.7. The van der Waals surface area contributed by atoms with Gasteiger partial charge in [-0.25, -0.2) is 4.39 Å². The first kappa shape index (κ1) is 14.0. The quantitative estimate of drug-likeness (QED) is 0.533. The lowest BCUT2D eigenvalue weighted by Gasteiger charge is -2.08. The Hall–Kier alpha value is -1.11. The molecule has 0 aromatic heterocycles. The fraction of sp³-hybridized carbons (Fsp3) is 0.455. The van der Waals surface area contributed by atoms with Crippen LogP contribution >= 0.6 is 0 Å². The smallest absolute Gasteiger partial charge is 0.491 e. The summed E-state index contributed by atoms with van der Waals surface area (Å²) in [4.78, 5) is 0. The summed E-state index contributed by atoms with van der Waals surface area (Å²) < 4.78 is 23.5. The molecule has 0 aliphatic carbocycles. The Morgan fingerprint density at radius 1 is 1.24 bits per heavy atom. The molecule has 17 heavy (non-hydrogen) atoms. The van der Waals surface area contributed by atoms with E-state index in [9.17, 15) is 4.39 Å². The maximum Gasteiger partial charge on any atom is 0.491 e. The van der Waals surface area contributed by atoms with Crippen LogP contribution in [0.15, 0.2) is 18.2 Å². The number of hydrogen-bond donors (Lipinski definition) is 2. The maximum atomic E-state index is 13.3. The van der Waals surface area contributed by atoms with Crippen molar-refractivity contribution in [3.05, 3.63) is 24.0 Å². The Morgan fingerprint density at radius 3 is 2.53 bits per heavy atom. The van der Waals surface area contributed by atoms with Gasteiger partial charge >= 0.3 is 7.12 Å². The number of halogens is 1. The first-order valence-electron chi connectivity index (χ1n) is 5.42. The molecule has 0 aliphatic rings. The number of ether oxygens (including phenoxy) is 2. The lowest BCUT2D eigenvalue weighted by atomic mass is 9.80. The second kappa shape index (κ2) is 7.27. The molecule has 0 aliphatic heterocycles. The van der Waals surface area contributed by atoms with Crippen molar-refractivity contribution < 1.29 is 23.9 Å². The summed E-state index contributed by atoms with van der Waals surface area (Å²) >= 11 is 0. The van der Waals surface area contributed by atoms with Crippen LogP contribution < -0.4 is 10.2 Å². The molecule has 2 N–H and O–H groups in total. The fourth-order valence-electron chi connectivity index (χ4n) is 1.35. The number of methoxy groups -OCH3 is 1. The summed E-state index contributed by atoms with van der Waals surface area (Å²) in [6.45, 7) is 1.15. The van der Waals surface area contributed by atoms with Gasteiger partial charge in [-0.15, -0.1) is 0 Å². The van der Waals surface area contributed by atoms with Crippen molar-refractivity contribution in [2.45, 2.75) is 12.8 Å². The third kappa shape index (κ3) is 4.72. The van der Waals surface area contributed by atoms with Gasteiger partial charge in [0.1, 0.15) is 11.6 Å². The predicted molar refractivity (Wildman–Crippen MR) is 62.8 cm³/mol. The Morgan fingerprint density at radius 2 is 1.94 bits per heavy atom. The highest BCUT2D eigenvalue weighted by Crippen LogP contribution is 2.11. The van der Waals surface area contributed by atoms with Crippen molar-refractivity contribution in [3.63, 3.8) is 0 Å². The first-order chi connectivity index (χ1) is 8.15. The molecule has 94 valence electrons. The van der Waals surface area contributed by atoms with Crippen molar-refractivity contribution >= 4 is 12.6 Å². The number of benzene rings is 1. The van der Waals surface area contributed by atoms with Gasteiger partial charge < -0.3 is 19.5 Å². The molecular formula is C11H16BFO4. The molecule has 1 aromatic rings. The molecule has 0 fully saturated rings. The van der Waals surface area contributed by atoms with Gasteiger partial charge in [0.2, 0.25) is 0 Å². The van der Waals surface area contributed by atoms with Crippen LogP contribution in [-0.2, 0) is 4.74 Å². The van der Waals surface area contributed by atoms with E-state index in [2.05, 4.69) is 0 Å². The van der Waals surface area contributed by atoms with Gasteiger partial charge in [-0.3, -0.25) is 0 Å². The van der Waals surface area contributed by atoms with E-state index in [0.717, 1.165) is 18.9 Å². The van der Waals surface area contributed by atoms with E-state index in [0.29, 0.717) is 19.0 Å². The van der Waals surface area contributed by atoms with E-state index >= 15 is 0 Å². The van der Waals surface area contributed by atoms with E-state index < -0.39 is 12.9 Å². The molecule has 0 unspecified atom stereocenters. The third-order valence-electron chi connectivity index (χ3n) is 2.26. The van der Waals surface area contributed by atoms with Crippen LogP contribution in [0.5, 0.6) is 5.75 Å². The lowest BCUT2D eigenvalue weighted by molar-refractivity contribution is 0.184. The van der Waals surface area contributed by atoms with E-state index in [4.69, 9.17) is 19.5 Å². The van der Waals surface area contributed by atoms with Crippen molar-refractivity contribution in [2.75, 3.05) is 20.3 Å². The lowest BCUT2D eigenvalue weighted by Crippen LogP contribution is -2.32. The van der Waals surface area contributed by atoms with Gasteiger partial charge in [-0.2, -0.15) is 0 Å². The van der Waals surface area contributed by atoms with Gasteiger partial charge in [0.05, 0.1) is 6.61 Å². The van der Waals surface area contributed by atoms with Gasteiger partial charge in [0, 0.05) is 25.2 Å². The Labute approximate surface area is 100 Å². The molecule has 6 heteroatoms. The van der Waals surface area contributed by atoms with Crippen LogP contribution in [0.3, 0.4) is 0 Å². The Bertz CT molecular complexity index is 346. The molecule has 0 amide bonds. The van der Waals surface area contributed by atoms with Crippen molar-refractivity contribution in [3.8, 4) is 5.75 Å². The average Bonchev–Trinajstić information content (AvgIpc) is 2.28. The SMILES string of the molecule is COCCCCOc1ccc(B(O)O)c(F)c1. The molecular weight excluding hydrogens is 226 g/mol. The van der Waals surface area contributed by atoms with Gasteiger partial charge in [0.15, 0.2) is 0 Å². The minimum Gasteiger partial charge on any atom is -0.493 e. The second-order valence-corrected chi connectivity index (χ2v) is 3.61. The molecule has 4 nitrogen and oxygen atoms in total. The highest BCUT2D eigenvalue weighted by molar-refractivity contribution is 6.58. The molecule has 0 radical (unpaired) electrons. The van der Waals surface area contributed by atoms with Crippen LogP contribution in [0.2, 0.25) is 0 Å². The summed E-state index contributed by atoms with van der Waals surface area (Å²) in [6, 6.07) is 3.95. The number of unbranched alkanes of at least 4 members (excludes halogenated alkanes) is 1. The third-order valence-corrected chi connectivity index (χ3v) is 2.26. The van der Waals surface area contributed by atoms with Gasteiger partial charge in [-0.1, -0.05) is 6.07 Å². The van der Waals surface area contributed by atoms with Gasteiger partial charge in [0.25, 0.3) is 0 Å². The molecule has 1 rings (SSSR count). The topological polar surface area (TPSA) is 58.9 Å². The molecule has 0 spiro atoms. The predicted octanol–water partition coefficient (Wildman–Crippen LogP) is 0.311. The molecule has 0 atom stereocenters. The van der Waals surface area contributed by atoms with Gasteiger partial charge in [-0.05, 0) is 18.9 Å². The van der Waals surface area contributed by atoms with E-state index in [1.807, 2.05) is 0 Å². The summed E-state index contributed by atoms with van der Waals surface area (Å²) in [5.74, 6) is -0.307. The number of rotatable bonds is 7. The van der Waals surface area contributed by atoms with Crippen LogP contribution in [0.25, 0.3) is 0 Å². The Balaban J connectivity index is 2.42. The first-order valence-corrected chi connectivity index (χ1v) is 5.42. The molecule has 0 saturated heterocycles. The zero-order chi connectivity index (χ0) is 12.7. The van der Waals surface area contributed by atoms with Crippen molar-refractivity contribution in [2.24, 2.45) is 0 Å². The van der Waals surface area contributed by atoms with Crippen molar-refractivity contribution in [1.29, 1.82) is 0 Å². The zero-order valence-electron chi connectivity index (χ0n) is 9.73. The highest BCUT2D eigenvalue weighted by atomic mass is 19.1. The molecule has 0 heterocycles. The maximum absolute atomic E-state index is 13.3.